The van der Waals surface area contributed by atoms with Gasteiger partial charge in [0.15, 0.2) is 6.67 Å². The summed E-state index contributed by atoms with van der Waals surface area (Å²) in [6.45, 7) is -2.21. The van der Waals surface area contributed by atoms with Gasteiger partial charge < -0.3 is 30.5 Å². The first-order valence-electron chi connectivity index (χ1n) is 4.43. The molecule has 0 fully saturated rings. The molecule has 1 amide bonds. The van der Waals surface area contributed by atoms with E-state index in [1.54, 1.807) is 5.32 Å². The third-order valence-corrected chi connectivity index (χ3v) is 1.89. The highest BCUT2D eigenvalue weighted by molar-refractivity contribution is 5.80. The number of hydrogen-bond donors (Lipinski definition) is 5. The van der Waals surface area contributed by atoms with Crippen molar-refractivity contribution >= 4 is 12.2 Å². The predicted octanol–water partition coefficient (Wildman–Crippen LogP) is -3.29. The number of hydrogen-bond acceptors (Lipinski definition) is 6. The fraction of sp³-hybridized carbons (Fsp3) is 0.750. The van der Waals surface area contributed by atoms with Gasteiger partial charge in [-0.25, -0.2) is 4.39 Å². The lowest BCUT2D eigenvalue weighted by atomic mass is 10.0. The molecule has 0 aromatic rings. The Balaban J connectivity index is 4.45. The Kier molecular flexibility index (Phi) is 6.74. The SMILES string of the molecule is O=C[C@H](NC(=O)CF)[C@@H](O)[C@H](O)[C@H](O)CO. The molecule has 0 aliphatic heterocycles. The van der Waals surface area contributed by atoms with Gasteiger partial charge in [-0.15, -0.1) is 0 Å². The number of carbonyl (C=O) groups is 2. The number of aliphatic hydroxyl groups is 4. The summed E-state index contributed by atoms with van der Waals surface area (Å²) >= 11 is 0. The Hall–Kier alpha value is -1.09. The average molecular weight is 239 g/mol. The number of aldehydes is 1. The van der Waals surface area contributed by atoms with Crippen LogP contribution in [0, 0.1) is 0 Å². The summed E-state index contributed by atoms with van der Waals surface area (Å²) in [6.07, 6.45) is -5.25. The van der Waals surface area contributed by atoms with E-state index in [4.69, 9.17) is 10.2 Å². The normalized spacial score (nSPS) is 18.3. The van der Waals surface area contributed by atoms with Crippen LogP contribution in [-0.2, 0) is 9.59 Å². The number of halogens is 1. The van der Waals surface area contributed by atoms with E-state index in [9.17, 15) is 24.2 Å². The smallest absolute Gasteiger partial charge is 0.252 e. The minimum atomic E-state index is -1.84. The second-order valence-corrected chi connectivity index (χ2v) is 3.09. The van der Waals surface area contributed by atoms with Gasteiger partial charge in [-0.1, -0.05) is 0 Å². The van der Waals surface area contributed by atoms with Crippen LogP contribution in [-0.4, -0.2) is 70.3 Å². The summed E-state index contributed by atoms with van der Waals surface area (Å²) in [6, 6.07) is -1.56. The largest absolute Gasteiger partial charge is 0.394 e. The molecule has 0 rings (SSSR count). The van der Waals surface area contributed by atoms with Crippen molar-refractivity contribution < 1.29 is 34.4 Å². The van der Waals surface area contributed by atoms with Crippen molar-refractivity contribution in [3.63, 3.8) is 0 Å². The Morgan fingerprint density at radius 3 is 2.25 bits per heavy atom. The van der Waals surface area contributed by atoms with E-state index in [2.05, 4.69) is 0 Å². The van der Waals surface area contributed by atoms with Crippen LogP contribution in [0.2, 0.25) is 0 Å². The zero-order valence-electron chi connectivity index (χ0n) is 8.28. The van der Waals surface area contributed by atoms with Gasteiger partial charge in [0, 0.05) is 0 Å². The van der Waals surface area contributed by atoms with Crippen LogP contribution in [0.1, 0.15) is 0 Å². The van der Waals surface area contributed by atoms with E-state index in [1.165, 1.54) is 0 Å². The molecule has 0 heterocycles. The first kappa shape index (κ1) is 14.9. The average Bonchev–Trinajstić information content (AvgIpc) is 2.32. The topological polar surface area (TPSA) is 127 Å². The second-order valence-electron chi connectivity index (χ2n) is 3.09. The Labute approximate surface area is 90.5 Å². The highest BCUT2D eigenvalue weighted by Crippen LogP contribution is 2.03. The van der Waals surface area contributed by atoms with Gasteiger partial charge in [0.05, 0.1) is 6.61 Å². The highest BCUT2D eigenvalue weighted by atomic mass is 19.1. The lowest BCUT2D eigenvalue weighted by molar-refractivity contribution is -0.131. The lowest BCUT2D eigenvalue weighted by Crippen LogP contribution is -2.53. The summed E-state index contributed by atoms with van der Waals surface area (Å²) < 4.78 is 11.8. The van der Waals surface area contributed by atoms with Crippen molar-refractivity contribution in [2.75, 3.05) is 13.3 Å². The molecule has 0 aliphatic rings. The number of carbonyl (C=O) groups excluding carboxylic acids is 2. The molecule has 0 aromatic carbocycles. The predicted molar refractivity (Wildman–Crippen MR) is 49.1 cm³/mol. The third kappa shape index (κ3) is 4.19. The van der Waals surface area contributed by atoms with E-state index in [1.807, 2.05) is 0 Å². The van der Waals surface area contributed by atoms with E-state index < -0.39 is 43.5 Å². The van der Waals surface area contributed by atoms with E-state index in [-0.39, 0.29) is 6.29 Å². The molecule has 4 atom stereocenters. The zero-order valence-corrected chi connectivity index (χ0v) is 8.28. The number of nitrogens with one attached hydrogen (secondary N) is 1. The summed E-state index contributed by atoms with van der Waals surface area (Å²) in [5.41, 5.74) is 0. The molecule has 0 aliphatic carbocycles. The monoisotopic (exact) mass is 239 g/mol. The Morgan fingerprint density at radius 2 is 1.88 bits per heavy atom. The molecular weight excluding hydrogens is 225 g/mol. The van der Waals surface area contributed by atoms with E-state index >= 15 is 0 Å². The summed E-state index contributed by atoms with van der Waals surface area (Å²) in [4.78, 5) is 21.1. The van der Waals surface area contributed by atoms with E-state index in [0.29, 0.717) is 0 Å². The fourth-order valence-electron chi connectivity index (χ4n) is 0.972. The molecule has 0 saturated carbocycles. The standard InChI is InChI=1S/C8H14FNO6/c9-1-6(14)10-4(2-11)7(15)8(16)5(13)3-12/h2,4-5,7-8,12-13,15-16H,1,3H2,(H,10,14)/t4-,5+,7+,8+/m0/s1. The molecule has 0 aromatic heterocycles. The molecule has 0 spiro atoms. The molecule has 0 radical (unpaired) electrons. The van der Waals surface area contributed by atoms with Crippen molar-refractivity contribution in [2.45, 2.75) is 24.4 Å². The van der Waals surface area contributed by atoms with Gasteiger partial charge in [0.25, 0.3) is 5.91 Å². The van der Waals surface area contributed by atoms with Crippen molar-refractivity contribution in [3.05, 3.63) is 0 Å². The van der Waals surface area contributed by atoms with Gasteiger partial charge >= 0.3 is 0 Å². The molecule has 0 saturated heterocycles. The number of rotatable bonds is 7. The molecule has 0 bridgehead atoms. The summed E-state index contributed by atoms with van der Waals surface area (Å²) in [7, 11) is 0. The van der Waals surface area contributed by atoms with Crippen LogP contribution in [0.5, 0.6) is 0 Å². The van der Waals surface area contributed by atoms with Gasteiger partial charge in [0.1, 0.15) is 30.6 Å². The second kappa shape index (κ2) is 7.23. The zero-order chi connectivity index (χ0) is 12.7. The summed E-state index contributed by atoms with van der Waals surface area (Å²) in [5, 5.41) is 37.8. The van der Waals surface area contributed by atoms with Gasteiger partial charge in [-0.05, 0) is 0 Å². The van der Waals surface area contributed by atoms with Crippen LogP contribution < -0.4 is 5.32 Å². The van der Waals surface area contributed by atoms with Crippen LogP contribution in [0.3, 0.4) is 0 Å². The van der Waals surface area contributed by atoms with Crippen LogP contribution in [0.4, 0.5) is 4.39 Å². The van der Waals surface area contributed by atoms with E-state index in [0.717, 1.165) is 0 Å². The maximum Gasteiger partial charge on any atom is 0.252 e. The number of amides is 1. The molecule has 0 unspecified atom stereocenters. The van der Waals surface area contributed by atoms with Crippen molar-refractivity contribution in [1.29, 1.82) is 0 Å². The Bertz CT molecular complexity index is 239. The maximum atomic E-state index is 11.8. The third-order valence-electron chi connectivity index (χ3n) is 1.89. The van der Waals surface area contributed by atoms with Crippen LogP contribution >= 0.6 is 0 Å². The molecule has 94 valence electrons. The van der Waals surface area contributed by atoms with Gasteiger partial charge in [0.2, 0.25) is 0 Å². The van der Waals surface area contributed by atoms with Crippen molar-refractivity contribution in [3.8, 4) is 0 Å². The molecular formula is C8H14FNO6. The lowest BCUT2D eigenvalue weighted by Gasteiger charge is -2.25. The maximum absolute atomic E-state index is 11.8. The van der Waals surface area contributed by atoms with Gasteiger partial charge in [-0.2, -0.15) is 0 Å². The van der Waals surface area contributed by atoms with Crippen LogP contribution in [0.15, 0.2) is 0 Å². The van der Waals surface area contributed by atoms with Crippen LogP contribution in [0.25, 0.3) is 0 Å². The number of alkyl halides is 1. The van der Waals surface area contributed by atoms with Crippen molar-refractivity contribution in [1.82, 2.24) is 5.32 Å². The quantitative estimate of drug-likeness (QED) is 0.296. The molecule has 7 nitrogen and oxygen atoms in total. The van der Waals surface area contributed by atoms with Crippen molar-refractivity contribution in [2.24, 2.45) is 0 Å². The summed E-state index contributed by atoms with van der Waals surface area (Å²) in [5.74, 6) is -1.14. The highest BCUT2D eigenvalue weighted by Gasteiger charge is 2.31. The van der Waals surface area contributed by atoms with Gasteiger partial charge in [-0.3, -0.25) is 4.79 Å². The molecule has 5 N–H and O–H groups in total. The fourth-order valence-corrected chi connectivity index (χ4v) is 0.972. The minimum Gasteiger partial charge on any atom is -0.394 e. The minimum absolute atomic E-state index is 0.0888. The first-order valence-corrected chi connectivity index (χ1v) is 4.43. The number of aliphatic hydroxyl groups excluding tert-OH is 4. The molecule has 16 heavy (non-hydrogen) atoms. The Morgan fingerprint density at radius 1 is 1.31 bits per heavy atom. The first-order chi connectivity index (χ1) is 7.47. The molecule has 8 heteroatoms.